The van der Waals surface area contributed by atoms with E-state index in [9.17, 15) is 13.9 Å². The van der Waals surface area contributed by atoms with Crippen LogP contribution >= 0.6 is 11.3 Å². The molecular formula is C30H41F2NOS. The Morgan fingerprint density at radius 1 is 1.03 bits per heavy atom. The first kappa shape index (κ1) is 24.3. The molecule has 9 atom stereocenters. The van der Waals surface area contributed by atoms with Gasteiger partial charge in [0, 0.05) is 6.07 Å². The lowest BCUT2D eigenvalue weighted by Gasteiger charge is -2.62. The summed E-state index contributed by atoms with van der Waals surface area (Å²) < 4.78 is 28.0. The highest BCUT2D eigenvalue weighted by molar-refractivity contribution is 7.18. The zero-order valence-corrected chi connectivity index (χ0v) is 22.3. The van der Waals surface area contributed by atoms with Crippen LogP contribution in [0, 0.1) is 58.0 Å². The Hall–Kier alpha value is -1.07. The van der Waals surface area contributed by atoms with Crippen molar-refractivity contribution >= 4 is 21.6 Å². The van der Waals surface area contributed by atoms with Crippen LogP contribution in [0.3, 0.4) is 0 Å². The molecule has 35 heavy (non-hydrogen) atoms. The number of aromatic nitrogens is 1. The molecule has 0 radical (unpaired) electrons. The summed E-state index contributed by atoms with van der Waals surface area (Å²) in [7, 11) is 0. The Kier molecular flexibility index (Phi) is 6.07. The average Bonchev–Trinajstić information content (AvgIpc) is 3.38. The maximum Gasteiger partial charge on any atom is 0.161 e. The molecule has 1 N–H and O–H groups in total. The highest BCUT2D eigenvalue weighted by atomic mass is 32.1. The molecule has 2 aromatic rings. The van der Waals surface area contributed by atoms with Crippen LogP contribution in [0.4, 0.5) is 8.78 Å². The number of hydrogen-bond donors (Lipinski definition) is 1. The fourth-order valence-corrected chi connectivity index (χ4v) is 10.9. The molecule has 1 heterocycles. The van der Waals surface area contributed by atoms with E-state index in [1.807, 2.05) is 0 Å². The maximum atomic E-state index is 13.6. The topological polar surface area (TPSA) is 33.1 Å². The number of aryl methyl sites for hydroxylation is 1. The monoisotopic (exact) mass is 501 g/mol. The molecule has 6 rings (SSSR count). The Morgan fingerprint density at radius 2 is 1.80 bits per heavy atom. The SMILES string of the molecule is CC(CCc1nc2cc(F)c(F)cc2s1)C1CCC2C3C(O)CC4CCCCC4(C)C3CCC12C. The number of hydrogen-bond acceptors (Lipinski definition) is 3. The lowest BCUT2D eigenvalue weighted by molar-refractivity contribution is -0.164. The van der Waals surface area contributed by atoms with E-state index < -0.39 is 11.6 Å². The van der Waals surface area contributed by atoms with E-state index in [2.05, 4.69) is 25.8 Å². The molecule has 5 heteroatoms. The quantitative estimate of drug-likeness (QED) is 0.458. The van der Waals surface area contributed by atoms with Gasteiger partial charge >= 0.3 is 0 Å². The van der Waals surface area contributed by atoms with Crippen molar-refractivity contribution in [3.63, 3.8) is 0 Å². The van der Waals surface area contributed by atoms with Crippen LogP contribution in [-0.4, -0.2) is 16.2 Å². The van der Waals surface area contributed by atoms with Crippen molar-refractivity contribution in [2.75, 3.05) is 0 Å². The van der Waals surface area contributed by atoms with Gasteiger partial charge < -0.3 is 5.11 Å². The second-order valence-electron chi connectivity index (χ2n) is 13.1. The Balaban J connectivity index is 1.17. The minimum atomic E-state index is -0.818. The average molecular weight is 502 g/mol. The molecule has 4 fully saturated rings. The van der Waals surface area contributed by atoms with Gasteiger partial charge in [-0.1, -0.05) is 33.6 Å². The van der Waals surface area contributed by atoms with Crippen LogP contribution in [0.2, 0.25) is 0 Å². The van der Waals surface area contributed by atoms with Crippen molar-refractivity contribution in [1.82, 2.24) is 4.98 Å². The van der Waals surface area contributed by atoms with Crippen LogP contribution in [0.1, 0.15) is 90.0 Å². The number of halogens is 2. The molecule has 2 nitrogen and oxygen atoms in total. The molecule has 1 aromatic heterocycles. The first-order valence-corrected chi connectivity index (χ1v) is 14.9. The van der Waals surface area contributed by atoms with E-state index in [1.165, 1.54) is 74.8 Å². The smallest absolute Gasteiger partial charge is 0.161 e. The van der Waals surface area contributed by atoms with Gasteiger partial charge in [0.05, 0.1) is 21.3 Å². The molecule has 9 unspecified atom stereocenters. The third-order valence-electron chi connectivity index (χ3n) is 11.6. The Bertz CT molecular complexity index is 1060. The first-order valence-electron chi connectivity index (χ1n) is 14.1. The van der Waals surface area contributed by atoms with Crippen LogP contribution in [0.25, 0.3) is 10.2 Å². The second-order valence-corrected chi connectivity index (χ2v) is 14.2. The van der Waals surface area contributed by atoms with Crippen LogP contribution in [0.15, 0.2) is 12.1 Å². The number of thiazole rings is 1. The molecule has 4 aliphatic rings. The van der Waals surface area contributed by atoms with E-state index in [0.29, 0.717) is 45.9 Å². The maximum absolute atomic E-state index is 13.6. The molecule has 0 saturated heterocycles. The Morgan fingerprint density at radius 3 is 2.63 bits per heavy atom. The van der Waals surface area contributed by atoms with Gasteiger partial charge in [0.25, 0.3) is 0 Å². The van der Waals surface area contributed by atoms with Gasteiger partial charge in [-0.05, 0) is 110 Å². The lowest BCUT2D eigenvalue weighted by Crippen LogP contribution is -2.57. The van der Waals surface area contributed by atoms with E-state index >= 15 is 0 Å². The van der Waals surface area contributed by atoms with Crippen LogP contribution in [0.5, 0.6) is 0 Å². The molecular weight excluding hydrogens is 460 g/mol. The van der Waals surface area contributed by atoms with Gasteiger partial charge in [-0.25, -0.2) is 13.8 Å². The molecule has 0 amide bonds. The van der Waals surface area contributed by atoms with Gasteiger partial charge in [0.2, 0.25) is 0 Å². The predicted molar refractivity (Wildman–Crippen MR) is 138 cm³/mol. The minimum absolute atomic E-state index is 0.113. The van der Waals surface area contributed by atoms with Crippen LogP contribution < -0.4 is 0 Å². The first-order chi connectivity index (χ1) is 16.7. The van der Waals surface area contributed by atoms with Gasteiger partial charge in [-0.3, -0.25) is 0 Å². The van der Waals surface area contributed by atoms with Gasteiger partial charge in [0.15, 0.2) is 11.6 Å². The molecule has 4 aliphatic carbocycles. The summed E-state index contributed by atoms with van der Waals surface area (Å²) in [4.78, 5) is 4.60. The highest BCUT2D eigenvalue weighted by Gasteiger charge is 2.62. The Labute approximate surface area is 212 Å². The zero-order chi connectivity index (χ0) is 24.5. The molecule has 192 valence electrons. The molecule has 0 aliphatic heterocycles. The van der Waals surface area contributed by atoms with E-state index in [-0.39, 0.29) is 6.10 Å². The molecule has 0 bridgehead atoms. The summed E-state index contributed by atoms with van der Waals surface area (Å²) in [6.45, 7) is 7.54. The third-order valence-corrected chi connectivity index (χ3v) is 12.7. The summed E-state index contributed by atoms with van der Waals surface area (Å²) in [6, 6.07) is 2.51. The van der Waals surface area contributed by atoms with Crippen molar-refractivity contribution in [3.8, 4) is 0 Å². The fraction of sp³-hybridized carbons (Fsp3) is 0.767. The summed E-state index contributed by atoms with van der Waals surface area (Å²) in [5.74, 6) is 2.22. The van der Waals surface area contributed by atoms with Gasteiger partial charge in [0.1, 0.15) is 0 Å². The number of nitrogens with zero attached hydrogens (tertiary/aromatic N) is 1. The van der Waals surface area contributed by atoms with Gasteiger partial charge in [-0.15, -0.1) is 11.3 Å². The summed E-state index contributed by atoms with van der Waals surface area (Å²) >= 11 is 1.50. The number of fused-ring (bicyclic) bond motifs is 6. The molecule has 0 spiro atoms. The van der Waals surface area contributed by atoms with E-state index in [4.69, 9.17) is 0 Å². The second kappa shape index (κ2) is 8.75. The van der Waals surface area contributed by atoms with Gasteiger partial charge in [-0.2, -0.15) is 0 Å². The van der Waals surface area contributed by atoms with Crippen molar-refractivity contribution in [1.29, 1.82) is 0 Å². The largest absolute Gasteiger partial charge is 0.393 e. The summed E-state index contributed by atoms with van der Waals surface area (Å²) in [5.41, 5.74) is 1.33. The van der Waals surface area contributed by atoms with Crippen molar-refractivity contribution in [2.24, 2.45) is 46.3 Å². The molecule has 1 aromatic carbocycles. The fourth-order valence-electron chi connectivity index (χ4n) is 9.86. The zero-order valence-electron chi connectivity index (χ0n) is 21.5. The number of benzene rings is 1. The summed E-state index contributed by atoms with van der Waals surface area (Å²) in [5, 5.41) is 12.4. The van der Waals surface area contributed by atoms with E-state index in [1.54, 1.807) is 0 Å². The van der Waals surface area contributed by atoms with E-state index in [0.717, 1.165) is 34.9 Å². The number of aliphatic hydroxyl groups is 1. The highest BCUT2D eigenvalue weighted by Crippen LogP contribution is 2.68. The lowest BCUT2D eigenvalue weighted by atomic mass is 9.44. The number of aliphatic hydroxyl groups excluding tert-OH is 1. The molecule has 4 saturated carbocycles. The number of rotatable bonds is 4. The standard InChI is InChI=1S/C30H41F2NOS/c1-17(7-10-27-33-24-15-22(31)23(32)16-26(24)35-27)19-8-9-20-28-21(11-13-30(19,20)3)29(2)12-5-4-6-18(29)14-25(28)34/h15-21,25,28,34H,4-14H2,1-3H3. The normalized spacial score (nSPS) is 41.9. The minimum Gasteiger partial charge on any atom is -0.393 e. The van der Waals surface area contributed by atoms with Crippen molar-refractivity contribution in [2.45, 2.75) is 97.5 Å². The van der Waals surface area contributed by atoms with Crippen molar-refractivity contribution in [3.05, 3.63) is 28.8 Å². The summed E-state index contributed by atoms with van der Waals surface area (Å²) in [6.07, 6.45) is 13.4. The van der Waals surface area contributed by atoms with Crippen molar-refractivity contribution < 1.29 is 13.9 Å². The third kappa shape index (κ3) is 3.81. The predicted octanol–water partition coefficient (Wildman–Crippen LogP) is 8.16. The van der Waals surface area contributed by atoms with Crippen LogP contribution in [-0.2, 0) is 6.42 Å².